The molecule has 0 amide bonds. The first-order chi connectivity index (χ1) is 14.1. The second-order valence-corrected chi connectivity index (χ2v) is 7.31. The number of halogens is 1. The maximum atomic E-state index is 12.2. The summed E-state index contributed by atoms with van der Waals surface area (Å²) in [6.07, 6.45) is 3.39. The average molecular weight is 403 g/mol. The fraction of sp³-hybridized carbons (Fsp3) is 0.120. The Labute approximate surface area is 174 Å². The molecular weight excluding hydrogens is 384 g/mol. The molecular formula is C25H19ClO3. The number of allylic oxidation sites excluding steroid dienone is 2. The van der Waals surface area contributed by atoms with E-state index in [1.807, 2.05) is 60.7 Å². The van der Waals surface area contributed by atoms with E-state index < -0.39 is 0 Å². The van der Waals surface area contributed by atoms with Crippen molar-refractivity contribution < 1.29 is 14.3 Å². The highest BCUT2D eigenvalue weighted by molar-refractivity contribution is 6.32. The minimum atomic E-state index is -0.199. The molecule has 0 aromatic heterocycles. The van der Waals surface area contributed by atoms with Gasteiger partial charge in [0.05, 0.1) is 5.56 Å². The van der Waals surface area contributed by atoms with E-state index in [0.717, 1.165) is 33.7 Å². The largest absolute Gasteiger partial charge is 0.457 e. The minimum Gasteiger partial charge on any atom is -0.457 e. The molecule has 2 aliphatic rings. The predicted molar refractivity (Wildman–Crippen MR) is 114 cm³/mol. The van der Waals surface area contributed by atoms with Gasteiger partial charge in [-0.15, -0.1) is 0 Å². The molecule has 4 heteroatoms. The van der Waals surface area contributed by atoms with Crippen LogP contribution in [0.3, 0.4) is 0 Å². The lowest BCUT2D eigenvalue weighted by atomic mass is 9.98. The summed E-state index contributed by atoms with van der Waals surface area (Å²) in [4.78, 5) is 23.1. The van der Waals surface area contributed by atoms with Gasteiger partial charge in [-0.3, -0.25) is 4.79 Å². The Bertz CT molecular complexity index is 1100. The quantitative estimate of drug-likeness (QED) is 0.404. The first-order valence-electron chi connectivity index (χ1n) is 9.43. The zero-order chi connectivity index (χ0) is 20.2. The monoisotopic (exact) mass is 402 g/mol. The standard InChI is InChI=1S/C17H13ClO.C8H6O2/c18-15-8-4-7-13-9-10-14(17(13)15)11-16(19)12-5-2-1-3-6-12;9-8-7-4-2-1-3-6(7)5-10-8/h1-8,10H,9,11H2;1-4H,5H2. The normalized spacial score (nSPS) is 13.6. The van der Waals surface area contributed by atoms with Gasteiger partial charge in [0.25, 0.3) is 0 Å². The van der Waals surface area contributed by atoms with Crippen molar-refractivity contribution in [3.05, 3.63) is 112 Å². The van der Waals surface area contributed by atoms with Crippen molar-refractivity contribution >= 4 is 28.9 Å². The van der Waals surface area contributed by atoms with Gasteiger partial charge in [0.15, 0.2) is 5.78 Å². The number of cyclic esters (lactones) is 1. The topological polar surface area (TPSA) is 43.4 Å². The van der Waals surface area contributed by atoms with Crippen LogP contribution in [0.4, 0.5) is 0 Å². The number of Topliss-reactive ketones (excluding diaryl/α,β-unsaturated/α-hetero) is 1. The first kappa shape index (κ1) is 19.2. The van der Waals surface area contributed by atoms with Crippen LogP contribution in [-0.2, 0) is 17.8 Å². The molecule has 0 saturated carbocycles. The van der Waals surface area contributed by atoms with Crippen molar-refractivity contribution in [2.24, 2.45) is 0 Å². The SMILES string of the molecule is O=C(CC1=CCc2cccc(Cl)c21)c1ccccc1.O=C1OCc2ccccc21. The molecule has 5 rings (SSSR count). The molecule has 3 aromatic carbocycles. The zero-order valence-corrected chi connectivity index (χ0v) is 16.5. The van der Waals surface area contributed by atoms with Crippen molar-refractivity contribution in [1.82, 2.24) is 0 Å². The fourth-order valence-corrected chi connectivity index (χ4v) is 3.88. The summed E-state index contributed by atoms with van der Waals surface area (Å²) in [6.45, 7) is 0.439. The van der Waals surface area contributed by atoms with Crippen LogP contribution >= 0.6 is 11.6 Å². The van der Waals surface area contributed by atoms with E-state index in [9.17, 15) is 9.59 Å². The average Bonchev–Trinajstić information content (AvgIpc) is 3.34. The van der Waals surface area contributed by atoms with Crippen molar-refractivity contribution in [2.75, 3.05) is 0 Å². The second-order valence-electron chi connectivity index (χ2n) is 6.91. The number of ether oxygens (including phenoxy) is 1. The van der Waals surface area contributed by atoms with Gasteiger partial charge in [-0.25, -0.2) is 4.79 Å². The van der Waals surface area contributed by atoms with E-state index in [-0.39, 0.29) is 11.8 Å². The molecule has 0 N–H and O–H groups in total. The highest BCUT2D eigenvalue weighted by Gasteiger charge is 2.20. The molecule has 0 atom stereocenters. The number of hydrogen-bond donors (Lipinski definition) is 0. The van der Waals surface area contributed by atoms with E-state index in [0.29, 0.717) is 18.6 Å². The molecule has 0 unspecified atom stereocenters. The fourth-order valence-electron chi connectivity index (χ4n) is 3.56. The summed E-state index contributed by atoms with van der Waals surface area (Å²) in [5.74, 6) is -0.0600. The molecule has 0 fully saturated rings. The molecule has 29 heavy (non-hydrogen) atoms. The Morgan fingerprint density at radius 3 is 2.41 bits per heavy atom. The van der Waals surface area contributed by atoms with E-state index in [1.165, 1.54) is 5.56 Å². The number of carbonyl (C=O) groups excluding carboxylic acids is 2. The molecule has 0 radical (unpaired) electrons. The molecule has 0 spiro atoms. The van der Waals surface area contributed by atoms with Gasteiger partial charge >= 0.3 is 5.97 Å². The third-order valence-corrected chi connectivity index (χ3v) is 5.35. The molecule has 1 aliphatic heterocycles. The van der Waals surface area contributed by atoms with Gasteiger partial charge in [0.1, 0.15) is 6.61 Å². The van der Waals surface area contributed by atoms with Gasteiger partial charge in [0, 0.05) is 22.6 Å². The summed E-state index contributed by atoms with van der Waals surface area (Å²) >= 11 is 6.24. The Hall–Kier alpha value is -3.17. The number of esters is 1. The van der Waals surface area contributed by atoms with E-state index in [1.54, 1.807) is 6.07 Å². The summed E-state index contributed by atoms with van der Waals surface area (Å²) < 4.78 is 4.78. The van der Waals surface area contributed by atoms with Crippen LogP contribution in [0.15, 0.2) is 78.9 Å². The number of fused-ring (bicyclic) bond motifs is 2. The molecule has 3 nitrogen and oxygen atoms in total. The molecule has 0 bridgehead atoms. The van der Waals surface area contributed by atoms with Gasteiger partial charge < -0.3 is 4.74 Å². The Morgan fingerprint density at radius 1 is 0.897 bits per heavy atom. The van der Waals surface area contributed by atoms with Crippen LogP contribution in [-0.4, -0.2) is 11.8 Å². The minimum absolute atomic E-state index is 0.139. The van der Waals surface area contributed by atoms with Gasteiger partial charge in [-0.05, 0) is 35.3 Å². The Balaban J connectivity index is 0.000000171. The summed E-state index contributed by atoms with van der Waals surface area (Å²) in [7, 11) is 0. The zero-order valence-electron chi connectivity index (χ0n) is 15.7. The van der Waals surface area contributed by atoms with E-state index >= 15 is 0 Å². The predicted octanol–water partition coefficient (Wildman–Crippen LogP) is 5.91. The molecule has 0 saturated heterocycles. The number of hydrogen-bond acceptors (Lipinski definition) is 3. The second kappa shape index (κ2) is 8.46. The highest BCUT2D eigenvalue weighted by Crippen LogP contribution is 2.35. The van der Waals surface area contributed by atoms with Crippen LogP contribution in [0, 0.1) is 0 Å². The summed E-state index contributed by atoms with van der Waals surface area (Å²) in [5.41, 5.74) is 5.77. The summed E-state index contributed by atoms with van der Waals surface area (Å²) in [5, 5.41) is 0.738. The lowest BCUT2D eigenvalue weighted by molar-refractivity contribution is 0.0535. The number of benzene rings is 3. The van der Waals surface area contributed by atoms with Crippen molar-refractivity contribution in [1.29, 1.82) is 0 Å². The number of ketones is 1. The third-order valence-electron chi connectivity index (χ3n) is 5.03. The van der Waals surface area contributed by atoms with Gasteiger partial charge in [-0.2, -0.15) is 0 Å². The number of carbonyl (C=O) groups is 2. The molecule has 1 aliphatic carbocycles. The maximum absolute atomic E-state index is 12.2. The summed E-state index contributed by atoms with van der Waals surface area (Å²) in [6, 6.07) is 22.7. The maximum Gasteiger partial charge on any atom is 0.338 e. The molecule has 144 valence electrons. The lowest BCUT2D eigenvalue weighted by Crippen LogP contribution is -2.00. The van der Waals surface area contributed by atoms with Crippen LogP contribution in [0.5, 0.6) is 0 Å². The molecule has 1 heterocycles. The Kier molecular flexibility index (Phi) is 5.59. The number of rotatable bonds is 3. The third kappa shape index (κ3) is 4.15. The van der Waals surface area contributed by atoms with E-state index in [4.69, 9.17) is 16.3 Å². The molecule has 3 aromatic rings. The van der Waals surface area contributed by atoms with Crippen LogP contribution in [0.2, 0.25) is 5.02 Å². The smallest absolute Gasteiger partial charge is 0.338 e. The van der Waals surface area contributed by atoms with Crippen LogP contribution < -0.4 is 0 Å². The van der Waals surface area contributed by atoms with Gasteiger partial charge in [-0.1, -0.05) is 78.3 Å². The highest BCUT2D eigenvalue weighted by atomic mass is 35.5. The van der Waals surface area contributed by atoms with Crippen LogP contribution in [0.25, 0.3) is 5.57 Å². The van der Waals surface area contributed by atoms with E-state index in [2.05, 4.69) is 12.1 Å². The Morgan fingerprint density at radius 2 is 1.62 bits per heavy atom. The van der Waals surface area contributed by atoms with Crippen LogP contribution in [0.1, 0.15) is 43.8 Å². The van der Waals surface area contributed by atoms with Crippen molar-refractivity contribution in [3.8, 4) is 0 Å². The lowest BCUT2D eigenvalue weighted by Gasteiger charge is -2.07. The van der Waals surface area contributed by atoms with Gasteiger partial charge in [0.2, 0.25) is 0 Å². The first-order valence-corrected chi connectivity index (χ1v) is 9.81. The van der Waals surface area contributed by atoms with Crippen molar-refractivity contribution in [3.63, 3.8) is 0 Å². The van der Waals surface area contributed by atoms with Crippen molar-refractivity contribution in [2.45, 2.75) is 19.4 Å².